The summed E-state index contributed by atoms with van der Waals surface area (Å²) in [5, 5.41) is 3.28. The van der Waals surface area contributed by atoms with E-state index < -0.39 is 0 Å². The van der Waals surface area contributed by atoms with Crippen LogP contribution in [0.25, 0.3) is 0 Å². The molecule has 1 N–H and O–H groups in total. The fourth-order valence-electron chi connectivity index (χ4n) is 3.49. The second kappa shape index (κ2) is 10.0. The summed E-state index contributed by atoms with van der Waals surface area (Å²) in [5.41, 5.74) is 3.51. The first kappa shape index (κ1) is 20.8. The van der Waals surface area contributed by atoms with E-state index in [4.69, 9.17) is 0 Å². The summed E-state index contributed by atoms with van der Waals surface area (Å²) < 4.78 is 13.1. The number of benzene rings is 2. The van der Waals surface area contributed by atoms with Crippen molar-refractivity contribution in [3.63, 3.8) is 0 Å². The predicted molar refractivity (Wildman–Crippen MR) is 114 cm³/mol. The zero-order chi connectivity index (χ0) is 20.6. The first-order valence-electron chi connectivity index (χ1n) is 10.1. The summed E-state index contributed by atoms with van der Waals surface area (Å²) in [7, 11) is 1.96. The van der Waals surface area contributed by atoms with E-state index in [1.54, 1.807) is 12.1 Å². The molecule has 2 aromatic rings. The van der Waals surface area contributed by atoms with E-state index in [9.17, 15) is 9.18 Å². The number of fused-ring (bicyclic) bond motifs is 1. The van der Waals surface area contributed by atoms with Crippen LogP contribution in [-0.2, 0) is 24.4 Å². The Bertz CT molecular complexity index is 825. The summed E-state index contributed by atoms with van der Waals surface area (Å²) in [6.07, 6.45) is 1.21. The number of halogens is 1. The smallest absolute Gasteiger partial charge is 0.223 e. The number of hydrogen-bond donors (Lipinski definition) is 1. The molecule has 29 heavy (non-hydrogen) atoms. The summed E-state index contributed by atoms with van der Waals surface area (Å²) in [4.78, 5) is 21.1. The van der Waals surface area contributed by atoms with Crippen molar-refractivity contribution in [2.45, 2.75) is 39.4 Å². The number of nitrogens with one attached hydrogen (secondary N) is 1. The third-order valence-electron chi connectivity index (χ3n) is 5.03. The Balaban J connectivity index is 1.47. The molecular weight excluding hydrogens is 367 g/mol. The molecule has 0 radical (unpaired) electrons. The number of carbonyl (C=O) groups excluding carboxylic acids is 1. The lowest BCUT2D eigenvalue weighted by Gasteiger charge is -2.22. The number of aliphatic imine (C=N–C) groups is 1. The van der Waals surface area contributed by atoms with Crippen molar-refractivity contribution in [1.29, 1.82) is 0 Å². The van der Waals surface area contributed by atoms with Crippen LogP contribution in [0, 0.1) is 5.82 Å². The van der Waals surface area contributed by atoms with Crippen molar-refractivity contribution >= 4 is 11.9 Å². The number of nitrogens with zero attached hydrogens (tertiary/aromatic N) is 3. The molecule has 1 amide bonds. The van der Waals surface area contributed by atoms with Gasteiger partial charge in [0.1, 0.15) is 5.82 Å². The molecule has 0 aliphatic carbocycles. The van der Waals surface area contributed by atoms with Crippen molar-refractivity contribution in [3.8, 4) is 0 Å². The summed E-state index contributed by atoms with van der Waals surface area (Å²) in [6.45, 7) is 5.43. The number of rotatable bonds is 7. The molecule has 0 aromatic heterocycles. The van der Waals surface area contributed by atoms with Crippen LogP contribution in [0.3, 0.4) is 0 Å². The Morgan fingerprint density at radius 3 is 2.41 bits per heavy atom. The third-order valence-corrected chi connectivity index (χ3v) is 5.03. The van der Waals surface area contributed by atoms with Crippen molar-refractivity contribution in [2.75, 3.05) is 20.1 Å². The molecule has 0 saturated carbocycles. The lowest BCUT2D eigenvalue weighted by atomic mass is 10.1. The maximum Gasteiger partial charge on any atom is 0.223 e. The average molecular weight is 397 g/mol. The molecule has 1 aliphatic rings. The molecule has 2 aromatic carbocycles. The Labute approximate surface area is 172 Å². The molecule has 0 unspecified atom stereocenters. The van der Waals surface area contributed by atoms with Gasteiger partial charge in [0.2, 0.25) is 5.91 Å². The molecule has 0 saturated heterocycles. The highest BCUT2D eigenvalue weighted by molar-refractivity contribution is 5.80. The molecule has 1 aliphatic heterocycles. The van der Waals surface area contributed by atoms with E-state index in [0.717, 1.165) is 18.1 Å². The molecule has 0 fully saturated rings. The van der Waals surface area contributed by atoms with Gasteiger partial charge >= 0.3 is 0 Å². The van der Waals surface area contributed by atoms with Crippen LogP contribution in [0.2, 0.25) is 0 Å². The standard InChI is InChI=1S/C23H29FN4O/c1-3-25-23(27(2)15-18-10-12-21(24)13-11-18)26-14-6-9-22(29)28-16-19-7-4-5-8-20(19)17-28/h4-5,7-8,10-13H,3,6,9,14-17H2,1-2H3,(H,25,26). The topological polar surface area (TPSA) is 47.9 Å². The van der Waals surface area contributed by atoms with Gasteiger partial charge in [-0.2, -0.15) is 0 Å². The second-order valence-electron chi connectivity index (χ2n) is 7.34. The first-order valence-corrected chi connectivity index (χ1v) is 10.1. The molecule has 0 bridgehead atoms. The van der Waals surface area contributed by atoms with E-state index >= 15 is 0 Å². The zero-order valence-corrected chi connectivity index (χ0v) is 17.2. The van der Waals surface area contributed by atoms with Crippen LogP contribution < -0.4 is 5.32 Å². The van der Waals surface area contributed by atoms with Crippen LogP contribution in [0.4, 0.5) is 4.39 Å². The highest BCUT2D eigenvalue weighted by Crippen LogP contribution is 2.22. The fraction of sp³-hybridized carbons (Fsp3) is 0.391. The summed E-state index contributed by atoms with van der Waals surface area (Å²) >= 11 is 0. The van der Waals surface area contributed by atoms with E-state index in [1.165, 1.54) is 23.3 Å². The Morgan fingerprint density at radius 2 is 1.79 bits per heavy atom. The van der Waals surface area contributed by atoms with Gasteiger partial charge in [0.05, 0.1) is 0 Å². The predicted octanol–water partition coefficient (Wildman–Crippen LogP) is 3.55. The zero-order valence-electron chi connectivity index (χ0n) is 17.2. The maximum atomic E-state index is 13.1. The molecule has 6 heteroatoms. The largest absolute Gasteiger partial charge is 0.357 e. The highest BCUT2D eigenvalue weighted by Gasteiger charge is 2.22. The molecule has 5 nitrogen and oxygen atoms in total. The van der Waals surface area contributed by atoms with Crippen molar-refractivity contribution in [3.05, 3.63) is 71.0 Å². The van der Waals surface area contributed by atoms with Gasteiger partial charge < -0.3 is 15.1 Å². The van der Waals surface area contributed by atoms with Crippen molar-refractivity contribution in [2.24, 2.45) is 4.99 Å². The van der Waals surface area contributed by atoms with Gasteiger partial charge in [0.25, 0.3) is 0 Å². The van der Waals surface area contributed by atoms with Crippen molar-refractivity contribution in [1.82, 2.24) is 15.1 Å². The molecule has 0 spiro atoms. The highest BCUT2D eigenvalue weighted by atomic mass is 19.1. The maximum absolute atomic E-state index is 13.1. The van der Waals surface area contributed by atoms with Crippen LogP contribution in [0.15, 0.2) is 53.5 Å². The Morgan fingerprint density at radius 1 is 1.14 bits per heavy atom. The molecule has 3 rings (SSSR count). The van der Waals surface area contributed by atoms with E-state index in [0.29, 0.717) is 39.0 Å². The van der Waals surface area contributed by atoms with Gasteiger partial charge in [-0.1, -0.05) is 36.4 Å². The van der Waals surface area contributed by atoms with Gasteiger partial charge in [0.15, 0.2) is 5.96 Å². The number of guanidine groups is 1. The van der Waals surface area contributed by atoms with Gasteiger partial charge in [-0.05, 0) is 42.2 Å². The monoisotopic (exact) mass is 396 g/mol. The van der Waals surface area contributed by atoms with Crippen LogP contribution >= 0.6 is 0 Å². The van der Waals surface area contributed by atoms with Gasteiger partial charge in [-0.3, -0.25) is 9.79 Å². The van der Waals surface area contributed by atoms with E-state index in [1.807, 2.05) is 35.9 Å². The van der Waals surface area contributed by atoms with E-state index in [2.05, 4.69) is 22.4 Å². The van der Waals surface area contributed by atoms with Crippen molar-refractivity contribution < 1.29 is 9.18 Å². The fourth-order valence-corrected chi connectivity index (χ4v) is 3.49. The molecule has 154 valence electrons. The SMILES string of the molecule is CCNC(=NCCCC(=O)N1Cc2ccccc2C1)N(C)Cc1ccc(F)cc1. The average Bonchev–Trinajstić information content (AvgIpc) is 3.16. The summed E-state index contributed by atoms with van der Waals surface area (Å²) in [5.74, 6) is 0.738. The Hall–Kier alpha value is -2.89. The lowest BCUT2D eigenvalue weighted by Crippen LogP contribution is -2.38. The molecule has 1 heterocycles. The number of carbonyl (C=O) groups is 1. The second-order valence-corrected chi connectivity index (χ2v) is 7.34. The normalized spacial score (nSPS) is 13.3. The molecule has 0 atom stereocenters. The van der Waals surface area contributed by atoms with Crippen LogP contribution in [-0.4, -0.2) is 41.8 Å². The number of amides is 1. The molecular formula is C23H29FN4O. The van der Waals surface area contributed by atoms with Gasteiger partial charge in [-0.25, -0.2) is 4.39 Å². The van der Waals surface area contributed by atoms with E-state index in [-0.39, 0.29) is 11.7 Å². The third kappa shape index (κ3) is 5.79. The lowest BCUT2D eigenvalue weighted by molar-refractivity contribution is -0.131. The minimum absolute atomic E-state index is 0.182. The minimum Gasteiger partial charge on any atom is -0.357 e. The number of hydrogen-bond acceptors (Lipinski definition) is 2. The van der Waals surface area contributed by atoms with Crippen LogP contribution in [0.1, 0.15) is 36.5 Å². The Kier molecular flexibility index (Phi) is 7.22. The summed E-state index contributed by atoms with van der Waals surface area (Å²) in [6, 6.07) is 14.7. The van der Waals surface area contributed by atoms with Gasteiger partial charge in [-0.15, -0.1) is 0 Å². The van der Waals surface area contributed by atoms with Gasteiger partial charge in [0, 0.05) is 46.2 Å². The van der Waals surface area contributed by atoms with Crippen LogP contribution in [0.5, 0.6) is 0 Å². The first-order chi connectivity index (χ1) is 14.1. The quantitative estimate of drug-likeness (QED) is 0.442. The minimum atomic E-state index is -0.234.